The van der Waals surface area contributed by atoms with Gasteiger partial charge in [0, 0.05) is 18.4 Å². The standard InChI is InChI=1S/C20H24N4O2/c1-12(2)24-10-13(3)21-20(24)17-11-23-7-8-26-18-6-5-15(14(4)25)9-16(18)19(23)22-17/h5-6,9-12,14,25H,7-8H2,1-4H3. The van der Waals surface area contributed by atoms with Gasteiger partial charge in [-0.05, 0) is 45.4 Å². The second-order valence-corrected chi connectivity index (χ2v) is 7.13. The fourth-order valence-corrected chi connectivity index (χ4v) is 3.37. The first-order valence-electron chi connectivity index (χ1n) is 9.02. The summed E-state index contributed by atoms with van der Waals surface area (Å²) in [5.41, 5.74) is 3.60. The number of imidazole rings is 2. The zero-order valence-electron chi connectivity index (χ0n) is 15.6. The Bertz CT molecular complexity index is 953. The van der Waals surface area contributed by atoms with Gasteiger partial charge in [0.1, 0.15) is 23.9 Å². The number of aliphatic hydroxyl groups excluding tert-OH is 1. The second kappa shape index (κ2) is 6.29. The Labute approximate surface area is 153 Å². The van der Waals surface area contributed by atoms with Gasteiger partial charge in [0.05, 0.1) is 23.9 Å². The Morgan fingerprint density at radius 3 is 2.65 bits per heavy atom. The number of fused-ring (bicyclic) bond motifs is 3. The van der Waals surface area contributed by atoms with Crippen LogP contribution < -0.4 is 4.74 Å². The van der Waals surface area contributed by atoms with Gasteiger partial charge in [-0.25, -0.2) is 9.97 Å². The van der Waals surface area contributed by atoms with Crippen LogP contribution in [0.3, 0.4) is 0 Å². The molecule has 0 saturated carbocycles. The van der Waals surface area contributed by atoms with Crippen molar-refractivity contribution in [2.24, 2.45) is 0 Å². The van der Waals surface area contributed by atoms with E-state index in [2.05, 4.69) is 34.2 Å². The van der Waals surface area contributed by atoms with Crippen molar-refractivity contribution in [1.82, 2.24) is 19.1 Å². The number of nitrogens with zero attached hydrogens (tertiary/aromatic N) is 4. The van der Waals surface area contributed by atoms with E-state index < -0.39 is 6.10 Å². The predicted molar refractivity (Wildman–Crippen MR) is 100 cm³/mol. The molecule has 1 aliphatic heterocycles. The summed E-state index contributed by atoms with van der Waals surface area (Å²) in [6, 6.07) is 6.09. The highest BCUT2D eigenvalue weighted by Gasteiger charge is 2.22. The summed E-state index contributed by atoms with van der Waals surface area (Å²) in [5.74, 6) is 2.53. The van der Waals surface area contributed by atoms with Gasteiger partial charge in [-0.15, -0.1) is 0 Å². The Morgan fingerprint density at radius 1 is 1.12 bits per heavy atom. The smallest absolute Gasteiger partial charge is 0.160 e. The van der Waals surface area contributed by atoms with E-state index in [1.165, 1.54) is 0 Å². The van der Waals surface area contributed by atoms with Crippen LogP contribution in [0.25, 0.3) is 22.9 Å². The van der Waals surface area contributed by atoms with E-state index >= 15 is 0 Å². The molecule has 1 N–H and O–H groups in total. The molecule has 3 aromatic rings. The first-order chi connectivity index (χ1) is 12.4. The molecule has 0 aliphatic carbocycles. The maximum Gasteiger partial charge on any atom is 0.160 e. The summed E-state index contributed by atoms with van der Waals surface area (Å²) in [7, 11) is 0. The molecule has 1 aromatic carbocycles. The van der Waals surface area contributed by atoms with Gasteiger partial charge in [-0.3, -0.25) is 0 Å². The van der Waals surface area contributed by atoms with Crippen molar-refractivity contribution < 1.29 is 9.84 Å². The first kappa shape index (κ1) is 16.8. The van der Waals surface area contributed by atoms with Crippen LogP contribution >= 0.6 is 0 Å². The average Bonchev–Trinajstić information content (AvgIpc) is 3.14. The number of hydrogen-bond donors (Lipinski definition) is 1. The van der Waals surface area contributed by atoms with Gasteiger partial charge < -0.3 is 19.0 Å². The number of aliphatic hydroxyl groups is 1. The molecule has 2 aromatic heterocycles. The lowest BCUT2D eigenvalue weighted by Gasteiger charge is -2.11. The Balaban J connectivity index is 1.87. The summed E-state index contributed by atoms with van der Waals surface area (Å²) in [4.78, 5) is 9.58. The van der Waals surface area contributed by atoms with Gasteiger partial charge >= 0.3 is 0 Å². The highest BCUT2D eigenvalue weighted by Crippen LogP contribution is 2.35. The monoisotopic (exact) mass is 352 g/mol. The quantitative estimate of drug-likeness (QED) is 0.780. The normalized spacial score (nSPS) is 14.5. The van der Waals surface area contributed by atoms with Crippen molar-refractivity contribution in [3.8, 4) is 28.7 Å². The molecule has 0 fully saturated rings. The van der Waals surface area contributed by atoms with E-state index in [4.69, 9.17) is 9.72 Å². The second-order valence-electron chi connectivity index (χ2n) is 7.13. The molecule has 26 heavy (non-hydrogen) atoms. The van der Waals surface area contributed by atoms with Crippen LogP contribution in [0.5, 0.6) is 5.75 Å². The zero-order valence-corrected chi connectivity index (χ0v) is 15.6. The predicted octanol–water partition coefficient (Wildman–Crippen LogP) is 3.75. The van der Waals surface area contributed by atoms with Gasteiger partial charge in [0.15, 0.2) is 5.82 Å². The molecule has 6 nitrogen and oxygen atoms in total. The average molecular weight is 352 g/mol. The SMILES string of the molecule is Cc1cn(C(C)C)c(-c2cn3c(n2)-c2cc(C(C)O)ccc2OCC3)n1. The Kier molecular flexibility index (Phi) is 4.07. The van der Waals surface area contributed by atoms with E-state index in [0.717, 1.165) is 46.5 Å². The third-order valence-corrected chi connectivity index (χ3v) is 4.73. The molecule has 136 valence electrons. The molecular weight excluding hydrogens is 328 g/mol. The van der Waals surface area contributed by atoms with Crippen molar-refractivity contribution in [2.75, 3.05) is 6.61 Å². The van der Waals surface area contributed by atoms with E-state index in [1.807, 2.05) is 31.3 Å². The fourth-order valence-electron chi connectivity index (χ4n) is 3.37. The Hall–Kier alpha value is -2.60. The molecule has 3 heterocycles. The Morgan fingerprint density at radius 2 is 1.92 bits per heavy atom. The van der Waals surface area contributed by atoms with Crippen LogP contribution in [0.1, 0.15) is 44.2 Å². The van der Waals surface area contributed by atoms with Crippen LogP contribution in [0, 0.1) is 6.92 Å². The minimum absolute atomic E-state index is 0.310. The molecule has 0 spiro atoms. The molecule has 6 heteroatoms. The number of rotatable bonds is 3. The zero-order chi connectivity index (χ0) is 18.4. The highest BCUT2D eigenvalue weighted by molar-refractivity contribution is 5.69. The molecular formula is C20H24N4O2. The largest absolute Gasteiger partial charge is 0.491 e. The van der Waals surface area contributed by atoms with Crippen molar-refractivity contribution >= 4 is 0 Å². The summed E-state index contributed by atoms with van der Waals surface area (Å²) in [6.45, 7) is 9.36. The van der Waals surface area contributed by atoms with E-state index in [9.17, 15) is 5.11 Å². The van der Waals surface area contributed by atoms with Crippen molar-refractivity contribution in [2.45, 2.75) is 46.4 Å². The van der Waals surface area contributed by atoms with Crippen LogP contribution in [-0.2, 0) is 6.54 Å². The summed E-state index contributed by atoms with van der Waals surface area (Å²) in [6.07, 6.45) is 3.57. The third kappa shape index (κ3) is 2.80. The van der Waals surface area contributed by atoms with Crippen LogP contribution in [0.4, 0.5) is 0 Å². The molecule has 4 rings (SSSR count). The maximum atomic E-state index is 9.95. The van der Waals surface area contributed by atoms with Crippen molar-refractivity contribution in [3.05, 3.63) is 41.9 Å². The van der Waals surface area contributed by atoms with Crippen molar-refractivity contribution in [3.63, 3.8) is 0 Å². The lowest BCUT2D eigenvalue weighted by molar-refractivity contribution is 0.199. The third-order valence-electron chi connectivity index (χ3n) is 4.73. The van der Waals surface area contributed by atoms with Crippen LogP contribution in [-0.4, -0.2) is 30.8 Å². The molecule has 0 saturated heterocycles. The topological polar surface area (TPSA) is 65.1 Å². The molecule has 1 aliphatic rings. The van der Waals surface area contributed by atoms with Gasteiger partial charge in [-0.2, -0.15) is 0 Å². The van der Waals surface area contributed by atoms with Crippen LogP contribution in [0.15, 0.2) is 30.6 Å². The van der Waals surface area contributed by atoms with E-state index in [1.54, 1.807) is 6.92 Å². The van der Waals surface area contributed by atoms with E-state index in [-0.39, 0.29) is 0 Å². The first-order valence-corrected chi connectivity index (χ1v) is 9.02. The van der Waals surface area contributed by atoms with Gasteiger partial charge in [0.2, 0.25) is 0 Å². The number of aryl methyl sites for hydroxylation is 1. The van der Waals surface area contributed by atoms with Crippen LogP contribution in [0.2, 0.25) is 0 Å². The fraction of sp³-hybridized carbons (Fsp3) is 0.400. The highest BCUT2D eigenvalue weighted by atomic mass is 16.5. The van der Waals surface area contributed by atoms with Crippen molar-refractivity contribution in [1.29, 1.82) is 0 Å². The molecule has 1 unspecified atom stereocenters. The number of aromatic nitrogens is 4. The molecule has 0 amide bonds. The summed E-state index contributed by atoms with van der Waals surface area (Å²) in [5, 5.41) is 9.95. The number of benzene rings is 1. The number of ether oxygens (including phenoxy) is 1. The van der Waals surface area contributed by atoms with Gasteiger partial charge in [0.25, 0.3) is 0 Å². The lowest BCUT2D eigenvalue weighted by Crippen LogP contribution is -2.04. The maximum absolute atomic E-state index is 9.95. The van der Waals surface area contributed by atoms with E-state index in [0.29, 0.717) is 12.6 Å². The molecule has 0 radical (unpaired) electrons. The summed E-state index contributed by atoms with van der Waals surface area (Å²) >= 11 is 0. The summed E-state index contributed by atoms with van der Waals surface area (Å²) < 4.78 is 10.1. The van der Waals surface area contributed by atoms with Gasteiger partial charge in [-0.1, -0.05) is 6.07 Å². The molecule has 1 atom stereocenters. The minimum Gasteiger partial charge on any atom is -0.491 e. The minimum atomic E-state index is -0.533. The lowest BCUT2D eigenvalue weighted by atomic mass is 10.1. The molecule has 0 bridgehead atoms. The number of hydrogen-bond acceptors (Lipinski definition) is 4.